The van der Waals surface area contributed by atoms with Gasteiger partial charge in [0.05, 0.1) is 0 Å². The summed E-state index contributed by atoms with van der Waals surface area (Å²) in [6, 6.07) is 3.54. The van der Waals surface area contributed by atoms with E-state index < -0.39 is 0 Å². The van der Waals surface area contributed by atoms with Gasteiger partial charge in [0, 0.05) is 26.7 Å². The van der Waals surface area contributed by atoms with Crippen molar-refractivity contribution in [1.82, 2.24) is 10.2 Å². The maximum atomic E-state index is 11.5. The summed E-state index contributed by atoms with van der Waals surface area (Å²) >= 11 is 0. The van der Waals surface area contributed by atoms with Crippen LogP contribution in [0.15, 0.2) is 12.1 Å². The molecule has 0 atom stereocenters. The lowest BCUT2D eigenvalue weighted by molar-refractivity contribution is -0.116. The molecule has 19 heavy (non-hydrogen) atoms. The van der Waals surface area contributed by atoms with Gasteiger partial charge in [-0.05, 0) is 24.5 Å². The number of methoxy groups -OCH3 is 1. The topological polar surface area (TPSA) is 76.1 Å². The molecule has 2 N–H and O–H groups in total. The summed E-state index contributed by atoms with van der Waals surface area (Å²) in [4.78, 5) is 11.5. The van der Waals surface area contributed by atoms with Crippen LogP contribution in [0.5, 0.6) is 0 Å². The number of carbonyl (C=O) groups excluding carboxylic acids is 1. The minimum absolute atomic E-state index is 0.0369. The Morgan fingerprint density at radius 2 is 2.00 bits per heavy atom. The fraction of sp³-hybridized carbons (Fsp3) is 0.615. The average molecular weight is 266 g/mol. The maximum Gasteiger partial charge on any atom is 0.225 e. The van der Waals surface area contributed by atoms with Crippen LogP contribution in [0.1, 0.15) is 26.7 Å². The van der Waals surface area contributed by atoms with Crippen molar-refractivity contribution in [2.45, 2.75) is 26.7 Å². The van der Waals surface area contributed by atoms with E-state index in [4.69, 9.17) is 4.74 Å². The van der Waals surface area contributed by atoms with Gasteiger partial charge in [0.1, 0.15) is 5.82 Å². The smallest absolute Gasteiger partial charge is 0.225 e. The number of nitrogens with zero attached hydrogens (tertiary/aromatic N) is 2. The van der Waals surface area contributed by atoms with Gasteiger partial charge in [-0.1, -0.05) is 13.8 Å². The van der Waals surface area contributed by atoms with E-state index in [0.29, 0.717) is 30.6 Å². The average Bonchev–Trinajstić information content (AvgIpc) is 2.35. The molecule has 6 heteroatoms. The Morgan fingerprint density at radius 1 is 1.32 bits per heavy atom. The zero-order chi connectivity index (χ0) is 14.1. The van der Waals surface area contributed by atoms with Crippen LogP contribution >= 0.6 is 0 Å². The highest BCUT2D eigenvalue weighted by Gasteiger charge is 2.06. The zero-order valence-corrected chi connectivity index (χ0v) is 11.8. The molecule has 0 unspecified atom stereocenters. The summed E-state index contributed by atoms with van der Waals surface area (Å²) < 4.78 is 4.95. The Balaban J connectivity index is 2.36. The minimum Gasteiger partial charge on any atom is -0.385 e. The van der Waals surface area contributed by atoms with E-state index in [9.17, 15) is 4.79 Å². The third kappa shape index (κ3) is 6.71. The van der Waals surface area contributed by atoms with Crippen LogP contribution in [0, 0.1) is 5.92 Å². The van der Waals surface area contributed by atoms with E-state index in [1.54, 1.807) is 19.2 Å². The quantitative estimate of drug-likeness (QED) is 0.703. The van der Waals surface area contributed by atoms with E-state index in [0.717, 1.165) is 13.0 Å². The third-order valence-electron chi connectivity index (χ3n) is 2.36. The first-order valence-electron chi connectivity index (χ1n) is 6.48. The van der Waals surface area contributed by atoms with Crippen molar-refractivity contribution in [3.63, 3.8) is 0 Å². The van der Waals surface area contributed by atoms with Crippen LogP contribution in [-0.2, 0) is 9.53 Å². The number of hydrogen-bond acceptors (Lipinski definition) is 5. The third-order valence-corrected chi connectivity index (χ3v) is 2.36. The molecule has 0 radical (unpaired) electrons. The van der Waals surface area contributed by atoms with Gasteiger partial charge in [0.15, 0.2) is 5.82 Å². The van der Waals surface area contributed by atoms with Gasteiger partial charge >= 0.3 is 0 Å². The van der Waals surface area contributed by atoms with Crippen LogP contribution in [0.4, 0.5) is 11.6 Å². The van der Waals surface area contributed by atoms with E-state index in [1.165, 1.54) is 0 Å². The molecule has 0 fully saturated rings. The molecule has 0 spiro atoms. The molecule has 0 aromatic carbocycles. The molecule has 0 aliphatic carbocycles. The van der Waals surface area contributed by atoms with Gasteiger partial charge < -0.3 is 15.4 Å². The molecule has 1 amide bonds. The van der Waals surface area contributed by atoms with Crippen LogP contribution in [0.25, 0.3) is 0 Å². The van der Waals surface area contributed by atoms with E-state index >= 15 is 0 Å². The summed E-state index contributed by atoms with van der Waals surface area (Å²) in [7, 11) is 1.68. The highest BCUT2D eigenvalue weighted by molar-refractivity contribution is 5.89. The fourth-order valence-corrected chi connectivity index (χ4v) is 1.49. The van der Waals surface area contributed by atoms with Gasteiger partial charge in [-0.3, -0.25) is 4.79 Å². The number of carbonyl (C=O) groups is 1. The maximum absolute atomic E-state index is 11.5. The van der Waals surface area contributed by atoms with Crippen molar-refractivity contribution in [3.8, 4) is 0 Å². The number of nitrogens with one attached hydrogen (secondary N) is 2. The summed E-state index contributed by atoms with van der Waals surface area (Å²) in [5, 5.41) is 13.8. The predicted octanol–water partition coefficient (Wildman–Crippen LogP) is 1.91. The first-order chi connectivity index (χ1) is 9.11. The second kappa shape index (κ2) is 8.42. The first kappa shape index (κ1) is 15.4. The van der Waals surface area contributed by atoms with Crippen LogP contribution in [0.3, 0.4) is 0 Å². The Morgan fingerprint density at radius 3 is 2.58 bits per heavy atom. The second-order valence-electron chi connectivity index (χ2n) is 4.72. The predicted molar refractivity (Wildman–Crippen MR) is 75.1 cm³/mol. The number of hydrogen-bond donors (Lipinski definition) is 2. The summed E-state index contributed by atoms with van der Waals surface area (Å²) in [6.07, 6.45) is 1.39. The normalized spacial score (nSPS) is 10.5. The Kier molecular flexibility index (Phi) is 6.81. The number of anilines is 2. The van der Waals surface area contributed by atoms with Crippen molar-refractivity contribution in [2.75, 3.05) is 30.9 Å². The van der Waals surface area contributed by atoms with Gasteiger partial charge in [-0.15, -0.1) is 10.2 Å². The lowest BCUT2D eigenvalue weighted by Gasteiger charge is -2.07. The molecule has 1 aromatic heterocycles. The molecule has 0 saturated heterocycles. The van der Waals surface area contributed by atoms with E-state index in [-0.39, 0.29) is 5.91 Å². The molecule has 1 rings (SSSR count). The van der Waals surface area contributed by atoms with Gasteiger partial charge in [0.25, 0.3) is 0 Å². The lowest BCUT2D eigenvalue weighted by Crippen LogP contribution is -2.15. The van der Waals surface area contributed by atoms with Crippen LogP contribution in [-0.4, -0.2) is 36.4 Å². The lowest BCUT2D eigenvalue weighted by atomic mass is 10.1. The minimum atomic E-state index is -0.0369. The van der Waals surface area contributed by atoms with Gasteiger partial charge in [0.2, 0.25) is 5.91 Å². The number of aromatic nitrogens is 2. The summed E-state index contributed by atoms with van der Waals surface area (Å²) in [5.41, 5.74) is 0. The number of rotatable bonds is 8. The largest absolute Gasteiger partial charge is 0.385 e. The monoisotopic (exact) mass is 266 g/mol. The molecule has 0 aliphatic heterocycles. The standard InChI is InChI=1S/C13H22N4O2/c1-10(2)9-13(18)15-12-6-5-11(16-17-12)14-7-4-8-19-3/h5-6,10H,4,7-9H2,1-3H3,(H,14,16)(H,15,17,18). The first-order valence-corrected chi connectivity index (χ1v) is 6.48. The molecular formula is C13H22N4O2. The number of ether oxygens (including phenoxy) is 1. The second-order valence-corrected chi connectivity index (χ2v) is 4.72. The Labute approximate surface area is 113 Å². The van der Waals surface area contributed by atoms with Crippen molar-refractivity contribution < 1.29 is 9.53 Å². The van der Waals surface area contributed by atoms with Crippen molar-refractivity contribution in [1.29, 1.82) is 0 Å². The van der Waals surface area contributed by atoms with E-state index in [1.807, 2.05) is 13.8 Å². The molecule has 0 aliphatic rings. The van der Waals surface area contributed by atoms with Gasteiger partial charge in [-0.2, -0.15) is 0 Å². The molecule has 1 heterocycles. The highest BCUT2D eigenvalue weighted by Crippen LogP contribution is 2.08. The molecule has 0 bridgehead atoms. The Bertz CT molecular complexity index is 379. The molecule has 106 valence electrons. The summed E-state index contributed by atoms with van der Waals surface area (Å²) in [6.45, 7) is 5.49. The molecule has 6 nitrogen and oxygen atoms in total. The van der Waals surface area contributed by atoms with Crippen LogP contribution in [0.2, 0.25) is 0 Å². The van der Waals surface area contributed by atoms with E-state index in [2.05, 4.69) is 20.8 Å². The molecular weight excluding hydrogens is 244 g/mol. The van der Waals surface area contributed by atoms with Crippen molar-refractivity contribution in [3.05, 3.63) is 12.1 Å². The van der Waals surface area contributed by atoms with Gasteiger partial charge in [-0.25, -0.2) is 0 Å². The highest BCUT2D eigenvalue weighted by atomic mass is 16.5. The zero-order valence-electron chi connectivity index (χ0n) is 11.8. The van der Waals surface area contributed by atoms with Crippen LogP contribution < -0.4 is 10.6 Å². The SMILES string of the molecule is COCCCNc1ccc(NC(=O)CC(C)C)nn1. The van der Waals surface area contributed by atoms with Crippen molar-refractivity contribution in [2.24, 2.45) is 5.92 Å². The summed E-state index contributed by atoms with van der Waals surface area (Å²) in [5.74, 6) is 1.46. The number of amides is 1. The fourth-order valence-electron chi connectivity index (χ4n) is 1.49. The molecule has 0 saturated carbocycles. The Hall–Kier alpha value is -1.69. The van der Waals surface area contributed by atoms with Crippen molar-refractivity contribution >= 4 is 17.5 Å². The molecule has 1 aromatic rings.